The van der Waals surface area contributed by atoms with Crippen LogP contribution in [0.5, 0.6) is 0 Å². The van der Waals surface area contributed by atoms with Crippen molar-refractivity contribution in [3.63, 3.8) is 0 Å². The maximum Gasteiger partial charge on any atom is 0.306 e. The summed E-state index contributed by atoms with van der Waals surface area (Å²) in [5.74, 6) is -0.897. The Bertz CT molecular complexity index is 1250. The molecule has 0 saturated heterocycles. The van der Waals surface area contributed by atoms with Crippen LogP contribution in [0.3, 0.4) is 0 Å². The molecule has 0 aliphatic carbocycles. The molecule has 0 aromatic rings. The van der Waals surface area contributed by atoms with Crippen LogP contribution in [0.4, 0.5) is 0 Å². The fourth-order valence-corrected chi connectivity index (χ4v) is 8.59. The molecule has 1 atom stereocenters. The first kappa shape index (κ1) is 66.1. The molecule has 0 heterocycles. The van der Waals surface area contributed by atoms with E-state index in [0.717, 1.165) is 96.3 Å². The van der Waals surface area contributed by atoms with Gasteiger partial charge >= 0.3 is 17.9 Å². The van der Waals surface area contributed by atoms with Gasteiger partial charge in [0, 0.05) is 19.3 Å². The lowest BCUT2D eigenvalue weighted by atomic mass is 10.0. The minimum absolute atomic E-state index is 0.0805. The Kier molecular flexibility index (Phi) is 55.3. The second-order valence-electron chi connectivity index (χ2n) is 19.9. The normalized spacial score (nSPS) is 12.4. The first-order valence-corrected chi connectivity index (χ1v) is 29.8. The van der Waals surface area contributed by atoms with E-state index in [2.05, 4.69) is 81.5 Å². The first-order valence-electron chi connectivity index (χ1n) is 29.8. The Labute approximate surface area is 428 Å². The highest BCUT2D eigenvalue weighted by molar-refractivity contribution is 5.71. The van der Waals surface area contributed by atoms with Gasteiger partial charge in [-0.05, 0) is 64.2 Å². The lowest BCUT2D eigenvalue weighted by Crippen LogP contribution is -2.30. The maximum absolute atomic E-state index is 12.9. The zero-order valence-corrected chi connectivity index (χ0v) is 45.8. The van der Waals surface area contributed by atoms with Gasteiger partial charge in [0.1, 0.15) is 13.2 Å². The van der Waals surface area contributed by atoms with Crippen molar-refractivity contribution >= 4 is 17.9 Å². The highest BCUT2D eigenvalue weighted by Gasteiger charge is 2.19. The van der Waals surface area contributed by atoms with E-state index in [0.29, 0.717) is 19.3 Å². The number of rotatable bonds is 54. The van der Waals surface area contributed by atoms with E-state index >= 15 is 0 Å². The van der Waals surface area contributed by atoms with E-state index < -0.39 is 6.10 Å². The molecular formula is C63H112O6. The molecule has 0 saturated carbocycles. The molecule has 0 radical (unpaired) electrons. The monoisotopic (exact) mass is 965 g/mol. The highest BCUT2D eigenvalue weighted by Crippen LogP contribution is 2.17. The van der Waals surface area contributed by atoms with Gasteiger partial charge in [0.2, 0.25) is 0 Å². The van der Waals surface area contributed by atoms with Crippen molar-refractivity contribution in [3.05, 3.63) is 60.8 Å². The average molecular weight is 966 g/mol. The standard InChI is InChI=1S/C63H112O6/c1-4-7-10-13-16-19-22-25-28-30-31-33-35-38-41-44-47-50-53-56-62(65)68-59-60(58-67-61(64)55-52-49-46-43-40-37-34-27-24-21-18-15-12-9-6-3)69-63(66)57-54-51-48-45-42-39-36-32-29-26-23-20-17-14-11-8-5-2/h7,10,16,19,25,28,31,33,38,41,60H,4-6,8-9,11-15,17-18,20-24,26-27,29-30,32,34-37,39-40,42-59H2,1-3H3/b10-7-,19-16-,28-25-,33-31-,41-38-/t60-/m1/s1. The third kappa shape index (κ3) is 55.9. The van der Waals surface area contributed by atoms with Gasteiger partial charge in [0.15, 0.2) is 6.10 Å². The van der Waals surface area contributed by atoms with E-state index in [4.69, 9.17) is 14.2 Å². The van der Waals surface area contributed by atoms with Gasteiger partial charge in [-0.1, -0.05) is 281 Å². The molecule has 0 bridgehead atoms. The number of carbonyl (C=O) groups is 3. The molecule has 6 nitrogen and oxygen atoms in total. The first-order chi connectivity index (χ1) is 34.0. The Hall–Kier alpha value is -2.89. The molecule has 0 unspecified atom stereocenters. The third-order valence-corrected chi connectivity index (χ3v) is 13.0. The average Bonchev–Trinajstić information content (AvgIpc) is 3.35. The van der Waals surface area contributed by atoms with Crippen molar-refractivity contribution in [3.8, 4) is 0 Å². The Morgan fingerprint density at radius 1 is 0.304 bits per heavy atom. The van der Waals surface area contributed by atoms with E-state index in [1.54, 1.807) is 0 Å². The number of esters is 3. The van der Waals surface area contributed by atoms with Gasteiger partial charge < -0.3 is 14.2 Å². The summed E-state index contributed by atoms with van der Waals surface area (Å²) < 4.78 is 16.9. The number of hydrogen-bond donors (Lipinski definition) is 0. The highest BCUT2D eigenvalue weighted by atomic mass is 16.6. The van der Waals surface area contributed by atoms with Crippen molar-refractivity contribution in [1.29, 1.82) is 0 Å². The Morgan fingerprint density at radius 2 is 0.565 bits per heavy atom. The molecule has 69 heavy (non-hydrogen) atoms. The number of unbranched alkanes of at least 4 members (excludes halogenated alkanes) is 33. The molecule has 0 amide bonds. The maximum atomic E-state index is 12.9. The summed E-state index contributed by atoms with van der Waals surface area (Å²) in [5, 5.41) is 0. The second-order valence-corrected chi connectivity index (χ2v) is 19.9. The quantitative estimate of drug-likeness (QED) is 0.0262. The fraction of sp³-hybridized carbons (Fsp3) is 0.794. The lowest BCUT2D eigenvalue weighted by Gasteiger charge is -2.18. The SMILES string of the molecule is CC/C=C\C/C=C\C/C=C\C/C=C\C/C=C\CCCCCC(=O)OC[C@@H](COC(=O)CCCCCCCCCCCCCCCCC)OC(=O)CCCCCCCCCCCCCCCCCCC. The van der Waals surface area contributed by atoms with Gasteiger partial charge in [-0.3, -0.25) is 14.4 Å². The van der Waals surface area contributed by atoms with Crippen LogP contribution < -0.4 is 0 Å². The molecule has 0 aliphatic rings. The van der Waals surface area contributed by atoms with Crippen LogP contribution in [0.1, 0.15) is 303 Å². The van der Waals surface area contributed by atoms with Crippen molar-refractivity contribution in [2.75, 3.05) is 13.2 Å². The van der Waals surface area contributed by atoms with E-state index in [-0.39, 0.29) is 31.1 Å². The number of ether oxygens (including phenoxy) is 3. The topological polar surface area (TPSA) is 78.9 Å². The van der Waals surface area contributed by atoms with Gasteiger partial charge in [-0.25, -0.2) is 0 Å². The minimum Gasteiger partial charge on any atom is -0.462 e. The van der Waals surface area contributed by atoms with Crippen LogP contribution in [0.2, 0.25) is 0 Å². The molecule has 0 N–H and O–H groups in total. The van der Waals surface area contributed by atoms with Crippen LogP contribution in [0, 0.1) is 0 Å². The van der Waals surface area contributed by atoms with E-state index in [1.165, 1.54) is 167 Å². The van der Waals surface area contributed by atoms with Gasteiger partial charge in [0.05, 0.1) is 0 Å². The lowest BCUT2D eigenvalue weighted by molar-refractivity contribution is -0.167. The number of allylic oxidation sites excluding steroid dienone is 10. The summed E-state index contributed by atoms with van der Waals surface area (Å²) >= 11 is 0. The largest absolute Gasteiger partial charge is 0.462 e. The van der Waals surface area contributed by atoms with Crippen molar-refractivity contribution < 1.29 is 28.6 Å². The molecule has 6 heteroatoms. The van der Waals surface area contributed by atoms with Gasteiger partial charge in [0.25, 0.3) is 0 Å². The smallest absolute Gasteiger partial charge is 0.306 e. The Morgan fingerprint density at radius 3 is 0.884 bits per heavy atom. The molecule has 0 aliphatic heterocycles. The predicted molar refractivity (Wildman–Crippen MR) is 298 cm³/mol. The number of carbonyl (C=O) groups excluding carboxylic acids is 3. The summed E-state index contributed by atoms with van der Waals surface area (Å²) in [6, 6.07) is 0. The summed E-state index contributed by atoms with van der Waals surface area (Å²) in [7, 11) is 0. The number of hydrogen-bond acceptors (Lipinski definition) is 6. The van der Waals surface area contributed by atoms with Crippen LogP contribution in [-0.2, 0) is 28.6 Å². The van der Waals surface area contributed by atoms with Gasteiger partial charge in [-0.2, -0.15) is 0 Å². The third-order valence-electron chi connectivity index (χ3n) is 13.0. The molecule has 0 rings (SSSR count). The zero-order valence-electron chi connectivity index (χ0n) is 45.8. The summed E-state index contributed by atoms with van der Waals surface area (Å²) in [6.07, 6.45) is 72.1. The van der Waals surface area contributed by atoms with Crippen LogP contribution in [-0.4, -0.2) is 37.2 Å². The summed E-state index contributed by atoms with van der Waals surface area (Å²) in [5.41, 5.74) is 0. The van der Waals surface area contributed by atoms with Crippen molar-refractivity contribution in [2.45, 2.75) is 309 Å². The molecule has 0 aromatic carbocycles. The zero-order chi connectivity index (χ0) is 50.0. The van der Waals surface area contributed by atoms with Gasteiger partial charge in [-0.15, -0.1) is 0 Å². The fourth-order valence-electron chi connectivity index (χ4n) is 8.59. The van der Waals surface area contributed by atoms with Crippen LogP contribution >= 0.6 is 0 Å². The minimum atomic E-state index is -0.785. The second kappa shape index (κ2) is 57.7. The molecule has 0 aromatic heterocycles. The summed E-state index contributed by atoms with van der Waals surface area (Å²) in [4.78, 5) is 38.2. The van der Waals surface area contributed by atoms with E-state index in [9.17, 15) is 14.4 Å². The van der Waals surface area contributed by atoms with Crippen LogP contribution in [0.25, 0.3) is 0 Å². The Balaban J connectivity index is 4.40. The molecule has 0 spiro atoms. The van der Waals surface area contributed by atoms with Crippen molar-refractivity contribution in [2.24, 2.45) is 0 Å². The summed E-state index contributed by atoms with van der Waals surface area (Å²) in [6.45, 7) is 6.54. The predicted octanol–water partition coefficient (Wildman–Crippen LogP) is 20.0. The molecular weight excluding hydrogens is 853 g/mol. The van der Waals surface area contributed by atoms with E-state index in [1.807, 2.05) is 0 Å². The molecule has 400 valence electrons. The molecule has 0 fully saturated rings. The van der Waals surface area contributed by atoms with Crippen LogP contribution in [0.15, 0.2) is 60.8 Å². The van der Waals surface area contributed by atoms with Crippen molar-refractivity contribution in [1.82, 2.24) is 0 Å².